The molecule has 0 N–H and O–H groups in total. The summed E-state index contributed by atoms with van der Waals surface area (Å²) in [6, 6.07) is 0. The van der Waals surface area contributed by atoms with Gasteiger partial charge >= 0.3 is 17.9 Å². The first-order chi connectivity index (χ1) is 35.5. The maximum absolute atomic E-state index is 12.9. The molecule has 0 aromatic heterocycles. The van der Waals surface area contributed by atoms with Crippen LogP contribution in [0.4, 0.5) is 0 Å². The van der Waals surface area contributed by atoms with Gasteiger partial charge in [-0.3, -0.25) is 14.4 Å². The van der Waals surface area contributed by atoms with Crippen LogP contribution < -0.4 is 0 Å². The summed E-state index contributed by atoms with van der Waals surface area (Å²) in [5.74, 6) is -0.885. The highest BCUT2D eigenvalue weighted by Crippen LogP contribution is 2.16. The summed E-state index contributed by atoms with van der Waals surface area (Å²) in [5.41, 5.74) is 0. The molecule has 0 rings (SSSR count). The second kappa shape index (κ2) is 60.1. The van der Waals surface area contributed by atoms with Crippen molar-refractivity contribution in [2.45, 2.75) is 303 Å². The number of allylic oxidation sites excluding steroid dienone is 14. The first-order valence-corrected chi connectivity index (χ1v) is 30.6. The fraction of sp³-hybridized carbons (Fsp3) is 0.742. The van der Waals surface area contributed by atoms with Crippen LogP contribution in [0.2, 0.25) is 0 Å². The fourth-order valence-electron chi connectivity index (χ4n) is 8.56. The number of carbonyl (C=O) groups is 3. The molecule has 0 heterocycles. The summed E-state index contributed by atoms with van der Waals surface area (Å²) in [6.07, 6.45) is 78.6. The summed E-state index contributed by atoms with van der Waals surface area (Å²) >= 11 is 0. The van der Waals surface area contributed by atoms with Crippen LogP contribution >= 0.6 is 0 Å². The molecule has 0 saturated heterocycles. The molecule has 0 aliphatic rings. The van der Waals surface area contributed by atoms with E-state index in [1.54, 1.807) is 0 Å². The van der Waals surface area contributed by atoms with Crippen molar-refractivity contribution in [1.82, 2.24) is 0 Å². The summed E-state index contributed by atoms with van der Waals surface area (Å²) < 4.78 is 16.9. The number of rotatable bonds is 55. The van der Waals surface area contributed by atoms with E-state index < -0.39 is 6.10 Å². The van der Waals surface area contributed by atoms with Gasteiger partial charge in [-0.05, 0) is 96.3 Å². The lowest BCUT2D eigenvalue weighted by molar-refractivity contribution is -0.167. The molecule has 0 fully saturated rings. The molecule has 0 saturated carbocycles. The molecule has 1 unspecified atom stereocenters. The lowest BCUT2D eigenvalue weighted by Crippen LogP contribution is -2.30. The molecule has 72 heavy (non-hydrogen) atoms. The van der Waals surface area contributed by atoms with E-state index in [0.29, 0.717) is 19.3 Å². The Morgan fingerprint density at radius 1 is 0.292 bits per heavy atom. The van der Waals surface area contributed by atoms with Gasteiger partial charge in [0.2, 0.25) is 0 Å². The van der Waals surface area contributed by atoms with Gasteiger partial charge in [0, 0.05) is 19.3 Å². The number of unbranched alkanes of at least 4 members (excludes halogenated alkanes) is 30. The van der Waals surface area contributed by atoms with Crippen molar-refractivity contribution < 1.29 is 28.6 Å². The molecular formula is C66H114O6. The maximum atomic E-state index is 12.9. The second-order valence-electron chi connectivity index (χ2n) is 20.2. The van der Waals surface area contributed by atoms with Crippen LogP contribution in [0.25, 0.3) is 0 Å². The van der Waals surface area contributed by atoms with Gasteiger partial charge in [-0.25, -0.2) is 0 Å². The molecule has 0 aliphatic heterocycles. The minimum absolute atomic E-state index is 0.0794. The van der Waals surface area contributed by atoms with Gasteiger partial charge in [-0.1, -0.05) is 266 Å². The van der Waals surface area contributed by atoms with E-state index in [9.17, 15) is 14.4 Å². The standard InChI is InChI=1S/C66H114O6/c1-4-7-10-13-16-19-22-25-27-29-31-32-33-34-36-37-39-41-44-47-50-53-56-59-65(68)71-62-63(61-70-64(67)58-55-52-49-46-43-24-21-18-15-12-9-6-3)72-66(69)60-57-54-51-48-45-42-40-38-35-30-28-26-23-20-17-14-11-8-5-2/h7,10,16-17,19-20,25-28,31-32,34,36,63H,4-6,8-9,11-15,18,21-24,29-30,33,35,37-62H2,1-3H3/b10-7-,19-16-,20-17-,27-25-,28-26-,32-31-,36-34-. The second-order valence-corrected chi connectivity index (χ2v) is 20.2. The highest BCUT2D eigenvalue weighted by Gasteiger charge is 2.19. The van der Waals surface area contributed by atoms with Crippen molar-refractivity contribution in [3.05, 3.63) is 85.1 Å². The van der Waals surface area contributed by atoms with Crippen LogP contribution in [0.3, 0.4) is 0 Å². The third kappa shape index (κ3) is 57.5. The topological polar surface area (TPSA) is 78.9 Å². The molecule has 6 heteroatoms. The van der Waals surface area contributed by atoms with Crippen LogP contribution in [0, 0.1) is 0 Å². The number of carbonyl (C=O) groups excluding carboxylic acids is 3. The van der Waals surface area contributed by atoms with E-state index in [-0.39, 0.29) is 31.1 Å². The Bertz CT molecular complexity index is 1380. The zero-order valence-electron chi connectivity index (χ0n) is 47.4. The first-order valence-electron chi connectivity index (χ1n) is 30.6. The van der Waals surface area contributed by atoms with E-state index in [2.05, 4.69) is 106 Å². The van der Waals surface area contributed by atoms with Crippen molar-refractivity contribution in [2.24, 2.45) is 0 Å². The fourth-order valence-corrected chi connectivity index (χ4v) is 8.56. The van der Waals surface area contributed by atoms with Crippen molar-refractivity contribution in [2.75, 3.05) is 13.2 Å². The molecule has 0 bridgehead atoms. The molecule has 0 amide bonds. The van der Waals surface area contributed by atoms with Gasteiger partial charge in [0.25, 0.3) is 0 Å². The summed E-state index contributed by atoms with van der Waals surface area (Å²) in [7, 11) is 0. The van der Waals surface area contributed by atoms with Gasteiger partial charge in [-0.2, -0.15) is 0 Å². The molecule has 6 nitrogen and oxygen atoms in total. The lowest BCUT2D eigenvalue weighted by atomic mass is 10.0. The Kier molecular flexibility index (Phi) is 57.3. The zero-order valence-corrected chi connectivity index (χ0v) is 47.4. The normalized spacial score (nSPS) is 12.7. The Hall–Kier alpha value is -3.41. The van der Waals surface area contributed by atoms with Crippen LogP contribution in [0.1, 0.15) is 297 Å². The van der Waals surface area contributed by atoms with E-state index in [4.69, 9.17) is 14.2 Å². The Morgan fingerprint density at radius 2 is 0.542 bits per heavy atom. The van der Waals surface area contributed by atoms with Crippen molar-refractivity contribution >= 4 is 17.9 Å². The van der Waals surface area contributed by atoms with Crippen LogP contribution in [-0.2, 0) is 28.6 Å². The van der Waals surface area contributed by atoms with E-state index in [0.717, 1.165) is 103 Å². The summed E-state index contributed by atoms with van der Waals surface area (Å²) in [5, 5.41) is 0. The van der Waals surface area contributed by atoms with Gasteiger partial charge in [0.1, 0.15) is 13.2 Å². The SMILES string of the molecule is CC/C=C\C/C=C\C/C=C\C/C=C\C/C=C\CCCCCCCCCC(=O)OCC(COC(=O)CCCCCCCCCCCCCC)OC(=O)CCCCCCCCCCC/C=C\C/C=C\CCCCC. The Labute approximate surface area is 445 Å². The molecule has 0 aromatic rings. The van der Waals surface area contributed by atoms with Crippen molar-refractivity contribution in [1.29, 1.82) is 0 Å². The Morgan fingerprint density at radius 3 is 0.875 bits per heavy atom. The van der Waals surface area contributed by atoms with E-state index in [1.807, 2.05) is 0 Å². The largest absolute Gasteiger partial charge is 0.462 e. The zero-order chi connectivity index (χ0) is 52.2. The van der Waals surface area contributed by atoms with Crippen molar-refractivity contribution in [3.8, 4) is 0 Å². The van der Waals surface area contributed by atoms with Crippen LogP contribution in [-0.4, -0.2) is 37.2 Å². The van der Waals surface area contributed by atoms with Gasteiger partial charge in [-0.15, -0.1) is 0 Å². The van der Waals surface area contributed by atoms with Crippen LogP contribution in [0.5, 0.6) is 0 Å². The first kappa shape index (κ1) is 68.6. The summed E-state index contributed by atoms with van der Waals surface area (Å²) in [6.45, 7) is 6.51. The van der Waals surface area contributed by atoms with Gasteiger partial charge in [0.15, 0.2) is 6.10 Å². The molecule has 0 aromatic carbocycles. The van der Waals surface area contributed by atoms with Gasteiger partial charge < -0.3 is 14.2 Å². The maximum Gasteiger partial charge on any atom is 0.306 e. The average Bonchev–Trinajstić information content (AvgIpc) is 3.38. The van der Waals surface area contributed by atoms with E-state index in [1.165, 1.54) is 154 Å². The molecule has 0 aliphatic carbocycles. The number of hydrogen-bond acceptors (Lipinski definition) is 6. The minimum Gasteiger partial charge on any atom is -0.462 e. The summed E-state index contributed by atoms with van der Waals surface area (Å²) in [4.78, 5) is 38.2. The molecule has 1 atom stereocenters. The third-order valence-corrected chi connectivity index (χ3v) is 13.1. The van der Waals surface area contributed by atoms with E-state index >= 15 is 0 Å². The average molecular weight is 1000 g/mol. The Balaban J connectivity index is 4.35. The number of hydrogen-bond donors (Lipinski definition) is 0. The van der Waals surface area contributed by atoms with Crippen molar-refractivity contribution in [3.63, 3.8) is 0 Å². The lowest BCUT2D eigenvalue weighted by Gasteiger charge is -2.18. The smallest absolute Gasteiger partial charge is 0.306 e. The highest BCUT2D eigenvalue weighted by molar-refractivity contribution is 5.71. The van der Waals surface area contributed by atoms with Crippen LogP contribution in [0.15, 0.2) is 85.1 Å². The predicted octanol–water partition coefficient (Wildman–Crippen LogP) is 20.7. The third-order valence-electron chi connectivity index (χ3n) is 13.1. The quantitative estimate of drug-likeness (QED) is 0.0261. The van der Waals surface area contributed by atoms with Gasteiger partial charge in [0.05, 0.1) is 0 Å². The molecule has 0 radical (unpaired) electrons. The monoisotopic (exact) mass is 1000 g/mol. The highest BCUT2D eigenvalue weighted by atomic mass is 16.6. The predicted molar refractivity (Wildman–Crippen MR) is 311 cm³/mol. The molecular weight excluding hydrogens is 889 g/mol. The number of ether oxygens (including phenoxy) is 3. The molecule has 0 spiro atoms. The molecule has 414 valence electrons. The number of esters is 3. The minimum atomic E-state index is -0.783.